The molecule has 1 amide bonds. The molecule has 0 saturated carbocycles. The highest BCUT2D eigenvalue weighted by molar-refractivity contribution is 5.76. The van der Waals surface area contributed by atoms with Crippen molar-refractivity contribution in [1.29, 1.82) is 0 Å². The molecule has 50 heavy (non-hydrogen) atoms. The van der Waals surface area contributed by atoms with Gasteiger partial charge in [0.2, 0.25) is 5.91 Å². The molecule has 4 nitrogen and oxygen atoms in total. The lowest BCUT2D eigenvalue weighted by Gasteiger charge is -2.19. The highest BCUT2D eigenvalue weighted by Crippen LogP contribution is 2.16. The lowest BCUT2D eigenvalue weighted by Crippen LogP contribution is -2.45. The molecular formula is C46H89NO3. The van der Waals surface area contributed by atoms with Gasteiger partial charge in [-0.1, -0.05) is 224 Å². The summed E-state index contributed by atoms with van der Waals surface area (Å²) in [5, 5.41) is 22.4. The van der Waals surface area contributed by atoms with Crippen LogP contribution in [-0.4, -0.2) is 34.9 Å². The summed E-state index contributed by atoms with van der Waals surface area (Å²) in [4.78, 5) is 12.2. The zero-order valence-corrected chi connectivity index (χ0v) is 33.9. The fourth-order valence-corrected chi connectivity index (χ4v) is 6.95. The zero-order valence-electron chi connectivity index (χ0n) is 33.9. The van der Waals surface area contributed by atoms with Gasteiger partial charge in [0.1, 0.15) is 0 Å². The molecule has 0 aliphatic rings. The average Bonchev–Trinajstić information content (AvgIpc) is 3.12. The van der Waals surface area contributed by atoms with E-state index in [1.807, 2.05) is 6.08 Å². The number of amides is 1. The SMILES string of the molecule is CCC/C=C/C(O)C(CO)NC(=O)CCCCCCCCCCCCCCCCCCCCCCCCC/C=C\CCCCCCCCCC. The summed E-state index contributed by atoms with van der Waals surface area (Å²) in [7, 11) is 0. The minimum absolute atomic E-state index is 0.0726. The van der Waals surface area contributed by atoms with Crippen LogP contribution < -0.4 is 5.32 Å². The number of hydrogen-bond donors (Lipinski definition) is 3. The molecule has 2 unspecified atom stereocenters. The Kier molecular flexibility index (Phi) is 41.3. The number of carbonyl (C=O) groups is 1. The number of allylic oxidation sites excluding steroid dienone is 3. The fourth-order valence-electron chi connectivity index (χ4n) is 6.95. The van der Waals surface area contributed by atoms with Crippen LogP contribution in [0, 0.1) is 0 Å². The van der Waals surface area contributed by atoms with E-state index in [2.05, 4.69) is 31.3 Å². The van der Waals surface area contributed by atoms with Crippen molar-refractivity contribution in [2.24, 2.45) is 0 Å². The van der Waals surface area contributed by atoms with Crippen LogP contribution in [0.1, 0.15) is 245 Å². The molecule has 0 fully saturated rings. The maximum absolute atomic E-state index is 12.2. The van der Waals surface area contributed by atoms with Gasteiger partial charge < -0.3 is 15.5 Å². The zero-order chi connectivity index (χ0) is 36.4. The maximum atomic E-state index is 12.2. The lowest BCUT2D eigenvalue weighted by atomic mass is 10.0. The molecule has 0 aromatic carbocycles. The number of unbranched alkanes of at least 4 members (excludes halogenated alkanes) is 32. The van der Waals surface area contributed by atoms with Crippen molar-refractivity contribution in [3.05, 3.63) is 24.3 Å². The highest BCUT2D eigenvalue weighted by Gasteiger charge is 2.17. The molecule has 2 atom stereocenters. The van der Waals surface area contributed by atoms with E-state index in [-0.39, 0.29) is 12.5 Å². The predicted molar refractivity (Wildman–Crippen MR) is 221 cm³/mol. The summed E-state index contributed by atoms with van der Waals surface area (Å²) in [6, 6.07) is -0.614. The quantitative estimate of drug-likeness (QED) is 0.0438. The van der Waals surface area contributed by atoms with Gasteiger partial charge in [0.05, 0.1) is 18.8 Å². The second-order valence-corrected chi connectivity index (χ2v) is 15.5. The Morgan fingerprint density at radius 1 is 0.460 bits per heavy atom. The van der Waals surface area contributed by atoms with Gasteiger partial charge in [-0.3, -0.25) is 4.79 Å². The Morgan fingerprint density at radius 2 is 0.800 bits per heavy atom. The van der Waals surface area contributed by atoms with Crippen LogP contribution >= 0.6 is 0 Å². The van der Waals surface area contributed by atoms with E-state index in [0.29, 0.717) is 6.42 Å². The number of hydrogen-bond acceptors (Lipinski definition) is 3. The van der Waals surface area contributed by atoms with Gasteiger partial charge in [0, 0.05) is 6.42 Å². The predicted octanol–water partition coefficient (Wildman–Crippen LogP) is 14.0. The van der Waals surface area contributed by atoms with Crippen molar-refractivity contribution in [3.8, 4) is 0 Å². The van der Waals surface area contributed by atoms with Gasteiger partial charge in [-0.25, -0.2) is 0 Å². The number of carbonyl (C=O) groups excluding carboxylic acids is 1. The summed E-state index contributed by atoms with van der Waals surface area (Å²) in [6.07, 6.45) is 55.3. The van der Waals surface area contributed by atoms with Crippen LogP contribution in [0.15, 0.2) is 24.3 Å². The minimum atomic E-state index is -0.831. The Balaban J connectivity index is 3.26. The van der Waals surface area contributed by atoms with Gasteiger partial charge >= 0.3 is 0 Å². The van der Waals surface area contributed by atoms with E-state index >= 15 is 0 Å². The van der Waals surface area contributed by atoms with E-state index in [1.165, 1.54) is 199 Å². The van der Waals surface area contributed by atoms with Gasteiger partial charge in [0.25, 0.3) is 0 Å². The number of aliphatic hydroxyl groups is 2. The first-order valence-corrected chi connectivity index (χ1v) is 22.6. The normalized spacial score (nSPS) is 13.1. The number of aliphatic hydroxyl groups excluding tert-OH is 2. The average molecular weight is 704 g/mol. The molecule has 0 aliphatic carbocycles. The smallest absolute Gasteiger partial charge is 0.220 e. The Hall–Kier alpha value is -1.13. The molecule has 0 rings (SSSR count). The molecule has 0 spiro atoms. The standard InChI is InChI=1S/C46H89NO3/c1-3-5-7-8-9-10-11-12-13-14-15-16-17-18-19-20-21-22-23-24-25-26-27-28-29-30-31-32-33-34-35-36-37-38-40-42-46(50)47-44(43-48)45(49)41-39-6-4-2/h14-15,39,41,44-45,48-49H,3-13,16-38,40,42-43H2,1-2H3,(H,47,50)/b15-14-,41-39+. The van der Waals surface area contributed by atoms with Crippen LogP contribution in [0.25, 0.3) is 0 Å². The van der Waals surface area contributed by atoms with Crippen LogP contribution in [-0.2, 0) is 4.79 Å². The molecule has 4 heteroatoms. The van der Waals surface area contributed by atoms with Crippen LogP contribution in [0.5, 0.6) is 0 Å². The molecule has 0 heterocycles. The Bertz CT molecular complexity index is 720. The second-order valence-electron chi connectivity index (χ2n) is 15.5. The molecule has 0 radical (unpaired) electrons. The van der Waals surface area contributed by atoms with Crippen molar-refractivity contribution in [3.63, 3.8) is 0 Å². The van der Waals surface area contributed by atoms with Crippen molar-refractivity contribution >= 4 is 5.91 Å². The third-order valence-electron chi connectivity index (χ3n) is 10.4. The first-order valence-electron chi connectivity index (χ1n) is 22.6. The highest BCUT2D eigenvalue weighted by atomic mass is 16.3. The van der Waals surface area contributed by atoms with Crippen molar-refractivity contribution < 1.29 is 15.0 Å². The third kappa shape index (κ3) is 38.1. The van der Waals surface area contributed by atoms with E-state index in [0.717, 1.165) is 25.7 Å². The summed E-state index contributed by atoms with van der Waals surface area (Å²) in [5.74, 6) is -0.0726. The molecule has 0 aliphatic heterocycles. The van der Waals surface area contributed by atoms with Gasteiger partial charge in [-0.15, -0.1) is 0 Å². The van der Waals surface area contributed by atoms with Gasteiger partial charge in [-0.05, 0) is 38.5 Å². The van der Waals surface area contributed by atoms with E-state index < -0.39 is 12.1 Å². The van der Waals surface area contributed by atoms with Gasteiger partial charge in [0.15, 0.2) is 0 Å². The van der Waals surface area contributed by atoms with Crippen LogP contribution in [0.4, 0.5) is 0 Å². The molecule has 3 N–H and O–H groups in total. The minimum Gasteiger partial charge on any atom is -0.394 e. The van der Waals surface area contributed by atoms with Crippen molar-refractivity contribution in [2.75, 3.05) is 6.61 Å². The molecular weight excluding hydrogens is 615 g/mol. The Labute approximate surface area is 313 Å². The number of nitrogens with one attached hydrogen (secondary N) is 1. The van der Waals surface area contributed by atoms with E-state index in [4.69, 9.17) is 0 Å². The molecule has 0 bridgehead atoms. The Morgan fingerprint density at radius 3 is 1.14 bits per heavy atom. The molecule has 0 saturated heterocycles. The first-order chi connectivity index (χ1) is 24.7. The largest absolute Gasteiger partial charge is 0.394 e. The fraction of sp³-hybridized carbons (Fsp3) is 0.891. The van der Waals surface area contributed by atoms with Crippen molar-refractivity contribution in [1.82, 2.24) is 5.32 Å². The third-order valence-corrected chi connectivity index (χ3v) is 10.4. The van der Waals surface area contributed by atoms with Crippen LogP contribution in [0.3, 0.4) is 0 Å². The van der Waals surface area contributed by atoms with Crippen molar-refractivity contribution in [2.45, 2.75) is 257 Å². The lowest BCUT2D eigenvalue weighted by molar-refractivity contribution is -0.123. The number of rotatable bonds is 41. The summed E-state index contributed by atoms with van der Waals surface area (Å²) in [6.45, 7) is 4.12. The van der Waals surface area contributed by atoms with E-state index in [1.54, 1.807) is 6.08 Å². The summed E-state index contributed by atoms with van der Waals surface area (Å²) >= 11 is 0. The molecule has 0 aromatic heterocycles. The topological polar surface area (TPSA) is 69.6 Å². The monoisotopic (exact) mass is 704 g/mol. The van der Waals surface area contributed by atoms with Gasteiger partial charge in [-0.2, -0.15) is 0 Å². The first kappa shape index (κ1) is 48.9. The molecule has 0 aromatic rings. The second kappa shape index (κ2) is 42.3. The van der Waals surface area contributed by atoms with Crippen LogP contribution in [0.2, 0.25) is 0 Å². The summed E-state index contributed by atoms with van der Waals surface area (Å²) in [5.41, 5.74) is 0. The molecule has 296 valence electrons. The summed E-state index contributed by atoms with van der Waals surface area (Å²) < 4.78 is 0. The van der Waals surface area contributed by atoms with E-state index in [9.17, 15) is 15.0 Å². The maximum Gasteiger partial charge on any atom is 0.220 e.